The van der Waals surface area contributed by atoms with E-state index in [0.29, 0.717) is 18.0 Å². The summed E-state index contributed by atoms with van der Waals surface area (Å²) in [6, 6.07) is 6.16. The fraction of sp³-hybridized carbons (Fsp3) is 0.400. The Morgan fingerprint density at radius 2 is 2.12 bits per heavy atom. The van der Waals surface area contributed by atoms with Crippen molar-refractivity contribution in [2.24, 2.45) is 5.73 Å². The number of hydrogen-bond donors (Lipinski definition) is 2. The van der Waals surface area contributed by atoms with Crippen LogP contribution in [0, 0.1) is 13.8 Å². The van der Waals surface area contributed by atoms with Gasteiger partial charge in [0.1, 0.15) is 6.29 Å². The van der Waals surface area contributed by atoms with Crippen molar-refractivity contribution in [2.75, 3.05) is 5.32 Å². The van der Waals surface area contributed by atoms with Crippen molar-refractivity contribution in [1.29, 1.82) is 0 Å². The molecule has 25 heavy (non-hydrogen) atoms. The van der Waals surface area contributed by atoms with Crippen molar-refractivity contribution in [2.45, 2.75) is 52.0 Å². The second kappa shape index (κ2) is 7.13. The van der Waals surface area contributed by atoms with Gasteiger partial charge >= 0.3 is 0 Å². The van der Waals surface area contributed by atoms with Gasteiger partial charge < -0.3 is 20.4 Å². The van der Waals surface area contributed by atoms with Crippen LogP contribution in [-0.2, 0) is 11.2 Å². The van der Waals surface area contributed by atoms with Crippen molar-refractivity contribution in [1.82, 2.24) is 4.57 Å². The quantitative estimate of drug-likeness (QED) is 0.572. The molecule has 0 spiro atoms. The monoisotopic (exact) mass is 339 g/mol. The summed E-state index contributed by atoms with van der Waals surface area (Å²) < 4.78 is 2.17. The van der Waals surface area contributed by atoms with Crippen molar-refractivity contribution < 1.29 is 9.59 Å². The molecule has 0 saturated heterocycles. The zero-order valence-electron chi connectivity index (χ0n) is 14.8. The Labute approximate surface area is 148 Å². The van der Waals surface area contributed by atoms with Crippen LogP contribution in [-0.4, -0.2) is 22.8 Å². The Morgan fingerprint density at radius 1 is 1.36 bits per heavy atom. The molecule has 1 heterocycles. The van der Waals surface area contributed by atoms with Crippen LogP contribution in [0.1, 0.15) is 52.9 Å². The molecule has 3 N–H and O–H groups in total. The lowest BCUT2D eigenvalue weighted by Crippen LogP contribution is -2.15. The van der Waals surface area contributed by atoms with E-state index in [9.17, 15) is 9.59 Å². The molecule has 1 fully saturated rings. The number of aromatic nitrogens is 1. The van der Waals surface area contributed by atoms with E-state index < -0.39 is 5.91 Å². The molecular weight excluding hydrogens is 314 g/mol. The molecule has 0 aliphatic heterocycles. The maximum atomic E-state index is 11.7. The number of carbonyl (C=O) groups excluding carboxylic acids is 2. The van der Waals surface area contributed by atoms with E-state index in [2.05, 4.69) is 29.9 Å². The summed E-state index contributed by atoms with van der Waals surface area (Å²) in [7, 11) is 0. The Balaban J connectivity index is 1.99. The average molecular weight is 339 g/mol. The summed E-state index contributed by atoms with van der Waals surface area (Å²) >= 11 is 0. The van der Waals surface area contributed by atoms with E-state index in [1.807, 2.05) is 12.1 Å². The van der Waals surface area contributed by atoms with Gasteiger partial charge in [-0.2, -0.15) is 0 Å². The Kier molecular flexibility index (Phi) is 4.93. The summed E-state index contributed by atoms with van der Waals surface area (Å²) in [4.78, 5) is 22.3. The third kappa shape index (κ3) is 3.76. The predicted molar refractivity (Wildman–Crippen MR) is 99.4 cm³/mol. The van der Waals surface area contributed by atoms with Crippen LogP contribution < -0.4 is 11.1 Å². The zero-order valence-corrected chi connectivity index (χ0v) is 14.8. The minimum Gasteiger partial charge on any atom is -0.382 e. The van der Waals surface area contributed by atoms with Crippen LogP contribution in [0.5, 0.6) is 0 Å². The third-order valence-electron chi connectivity index (χ3n) is 4.86. The van der Waals surface area contributed by atoms with E-state index in [-0.39, 0.29) is 0 Å². The number of nitrogens with one attached hydrogen (secondary N) is 1. The number of hydrogen-bond acceptors (Lipinski definition) is 3. The van der Waals surface area contributed by atoms with Gasteiger partial charge in [0.15, 0.2) is 0 Å². The Hall–Kier alpha value is -2.56. The molecule has 2 aromatic rings. The topological polar surface area (TPSA) is 77.1 Å². The minimum absolute atomic E-state index is 0.416. The van der Waals surface area contributed by atoms with Gasteiger partial charge in [-0.3, -0.25) is 4.79 Å². The first-order valence-electron chi connectivity index (χ1n) is 8.83. The molecule has 0 radical (unpaired) electrons. The fourth-order valence-electron chi connectivity index (χ4n) is 3.13. The second-order valence-corrected chi connectivity index (χ2v) is 6.83. The van der Waals surface area contributed by atoms with Gasteiger partial charge in [0.25, 0.3) is 5.91 Å². The van der Waals surface area contributed by atoms with Crippen LogP contribution in [0.25, 0.3) is 5.69 Å². The van der Waals surface area contributed by atoms with Gasteiger partial charge in [-0.05, 0) is 68.9 Å². The van der Waals surface area contributed by atoms with Gasteiger partial charge in [-0.25, -0.2) is 0 Å². The van der Waals surface area contributed by atoms with Gasteiger partial charge in [-0.1, -0.05) is 0 Å². The SMILES string of the molecule is Cc1cn(-c2ccc(C(N)=O)c(NC3CC3)c2)c(CCCC=O)c1C. The lowest BCUT2D eigenvalue weighted by molar-refractivity contribution is -0.107. The normalized spacial score (nSPS) is 13.7. The van der Waals surface area contributed by atoms with Crippen molar-refractivity contribution in [3.8, 4) is 5.69 Å². The van der Waals surface area contributed by atoms with Crippen molar-refractivity contribution >= 4 is 17.9 Å². The number of nitrogens with zero attached hydrogens (tertiary/aromatic N) is 1. The van der Waals surface area contributed by atoms with Crippen LogP contribution in [0.15, 0.2) is 24.4 Å². The number of carbonyl (C=O) groups is 2. The molecule has 3 rings (SSSR count). The maximum Gasteiger partial charge on any atom is 0.250 e. The summed E-state index contributed by atoms with van der Waals surface area (Å²) in [6.45, 7) is 4.21. The molecular formula is C20H25N3O2. The first kappa shape index (κ1) is 17.3. The molecule has 0 atom stereocenters. The van der Waals surface area contributed by atoms with Crippen LogP contribution in [0.4, 0.5) is 5.69 Å². The van der Waals surface area contributed by atoms with E-state index in [1.165, 1.54) is 16.8 Å². The molecule has 132 valence electrons. The molecule has 5 heteroatoms. The molecule has 1 aromatic heterocycles. The van der Waals surface area contributed by atoms with E-state index >= 15 is 0 Å². The number of benzene rings is 1. The van der Waals surface area contributed by atoms with E-state index in [4.69, 9.17) is 5.73 Å². The van der Waals surface area contributed by atoms with Gasteiger partial charge in [0.05, 0.1) is 5.56 Å². The van der Waals surface area contributed by atoms with E-state index in [1.54, 1.807) is 6.07 Å². The number of nitrogens with two attached hydrogens (primary N) is 1. The predicted octanol–water partition coefficient (Wildman–Crippen LogP) is 3.29. The van der Waals surface area contributed by atoms with E-state index in [0.717, 1.165) is 43.3 Å². The maximum absolute atomic E-state index is 11.7. The number of unbranched alkanes of at least 4 members (excludes halogenated alkanes) is 1. The van der Waals surface area contributed by atoms with Crippen molar-refractivity contribution in [3.05, 3.63) is 46.8 Å². The highest BCUT2D eigenvalue weighted by molar-refractivity contribution is 5.99. The standard InChI is InChI=1S/C20H25N3O2/c1-13-12-23(19(14(13)2)5-3-4-10-24)16-8-9-17(20(21)25)18(11-16)22-15-6-7-15/h8-12,15,22H,3-7H2,1-2H3,(H2,21,25). The van der Waals surface area contributed by atoms with Crippen molar-refractivity contribution in [3.63, 3.8) is 0 Å². The number of amides is 1. The van der Waals surface area contributed by atoms with Gasteiger partial charge in [0.2, 0.25) is 0 Å². The highest BCUT2D eigenvalue weighted by Crippen LogP contribution is 2.30. The molecule has 0 bridgehead atoms. The lowest BCUT2D eigenvalue weighted by atomic mass is 10.1. The van der Waals surface area contributed by atoms with Crippen LogP contribution in [0.2, 0.25) is 0 Å². The molecule has 1 aliphatic carbocycles. The fourth-order valence-corrected chi connectivity index (χ4v) is 3.13. The molecule has 0 unspecified atom stereocenters. The number of anilines is 1. The highest BCUT2D eigenvalue weighted by Gasteiger charge is 2.23. The highest BCUT2D eigenvalue weighted by atomic mass is 16.1. The zero-order chi connectivity index (χ0) is 18.0. The van der Waals surface area contributed by atoms with Gasteiger partial charge in [0, 0.05) is 35.7 Å². The molecule has 5 nitrogen and oxygen atoms in total. The molecule has 1 aromatic carbocycles. The number of aldehydes is 1. The van der Waals surface area contributed by atoms with Crippen LogP contribution >= 0.6 is 0 Å². The molecule has 1 aliphatic rings. The van der Waals surface area contributed by atoms with Crippen LogP contribution in [0.3, 0.4) is 0 Å². The number of primary amides is 1. The summed E-state index contributed by atoms with van der Waals surface area (Å²) in [5.41, 5.74) is 11.5. The molecule has 1 amide bonds. The smallest absolute Gasteiger partial charge is 0.250 e. The first-order chi connectivity index (χ1) is 12.0. The van der Waals surface area contributed by atoms with Gasteiger partial charge in [-0.15, -0.1) is 0 Å². The summed E-state index contributed by atoms with van der Waals surface area (Å²) in [5.74, 6) is -0.416. The first-order valence-corrected chi connectivity index (χ1v) is 8.83. The molecule has 1 saturated carbocycles. The average Bonchev–Trinajstić information content (AvgIpc) is 3.35. The third-order valence-corrected chi connectivity index (χ3v) is 4.86. The minimum atomic E-state index is -0.416. The Bertz CT molecular complexity index is 804. The number of rotatable bonds is 8. The summed E-state index contributed by atoms with van der Waals surface area (Å²) in [6.07, 6.45) is 7.59. The second-order valence-electron chi connectivity index (χ2n) is 6.83. The number of aryl methyl sites for hydroxylation is 1. The Morgan fingerprint density at radius 3 is 2.76 bits per heavy atom. The largest absolute Gasteiger partial charge is 0.382 e. The summed E-state index contributed by atoms with van der Waals surface area (Å²) in [5, 5.41) is 3.41. The lowest BCUT2D eigenvalue weighted by Gasteiger charge is -2.15.